The molecule has 1 aliphatic heterocycles. The molecule has 28 heavy (non-hydrogen) atoms. The number of hydrogen-bond donors (Lipinski definition) is 1. The minimum Gasteiger partial charge on any atom is -0.456 e. The van der Waals surface area contributed by atoms with Crippen molar-refractivity contribution in [2.24, 2.45) is 0 Å². The molecule has 0 saturated heterocycles. The Balaban J connectivity index is 1.31. The molecule has 1 N–H and O–H groups in total. The Bertz CT molecular complexity index is 818. The zero-order valence-corrected chi connectivity index (χ0v) is 16.5. The van der Waals surface area contributed by atoms with Crippen molar-refractivity contribution in [2.75, 3.05) is 11.9 Å². The van der Waals surface area contributed by atoms with E-state index in [0.717, 1.165) is 54.8 Å². The van der Waals surface area contributed by atoms with Crippen molar-refractivity contribution in [1.29, 1.82) is 0 Å². The highest BCUT2D eigenvalue weighted by Crippen LogP contribution is 2.37. The van der Waals surface area contributed by atoms with E-state index in [1.807, 2.05) is 29.2 Å². The number of hydrogen-bond acceptors (Lipinski definition) is 5. The van der Waals surface area contributed by atoms with E-state index in [4.69, 9.17) is 4.74 Å². The lowest BCUT2D eigenvalue weighted by Crippen LogP contribution is -2.37. The SMILES string of the molecule is O=C(C[C@@H]1Sc2ccccc2NC1=O)OCC(=O)N(C1=CCCCC1)C1CC1. The number of carbonyl (C=O) groups is 3. The first-order valence-electron chi connectivity index (χ1n) is 9.85. The molecule has 0 bridgehead atoms. The third-order valence-corrected chi connectivity index (χ3v) is 6.45. The molecule has 2 aliphatic carbocycles. The molecule has 0 radical (unpaired) electrons. The Kier molecular flexibility index (Phi) is 5.71. The predicted octanol–water partition coefficient (Wildman–Crippen LogP) is 3.48. The van der Waals surface area contributed by atoms with Gasteiger partial charge in [-0.25, -0.2) is 0 Å². The van der Waals surface area contributed by atoms with E-state index in [1.54, 1.807) is 0 Å². The number of amides is 2. The van der Waals surface area contributed by atoms with Gasteiger partial charge in [0.15, 0.2) is 6.61 Å². The Morgan fingerprint density at radius 3 is 2.79 bits per heavy atom. The van der Waals surface area contributed by atoms with E-state index < -0.39 is 11.2 Å². The number of fused-ring (bicyclic) bond motifs is 1. The van der Waals surface area contributed by atoms with Gasteiger partial charge in [-0.05, 0) is 50.7 Å². The molecule has 1 saturated carbocycles. The third kappa shape index (κ3) is 4.41. The molecule has 7 heteroatoms. The second-order valence-corrected chi connectivity index (χ2v) is 8.64. The molecule has 3 aliphatic rings. The number of nitrogens with one attached hydrogen (secondary N) is 1. The van der Waals surface area contributed by atoms with Crippen molar-refractivity contribution in [3.05, 3.63) is 36.0 Å². The fourth-order valence-corrected chi connectivity index (χ4v) is 4.72. The van der Waals surface area contributed by atoms with Crippen LogP contribution >= 0.6 is 11.8 Å². The van der Waals surface area contributed by atoms with Crippen LogP contribution in [0.1, 0.15) is 44.9 Å². The van der Waals surface area contributed by atoms with Gasteiger partial charge in [-0.3, -0.25) is 14.4 Å². The topological polar surface area (TPSA) is 75.7 Å². The maximum atomic E-state index is 12.7. The van der Waals surface area contributed by atoms with Gasteiger partial charge in [0.05, 0.1) is 17.4 Å². The van der Waals surface area contributed by atoms with E-state index in [-0.39, 0.29) is 30.9 Å². The molecule has 0 spiro atoms. The third-order valence-electron chi connectivity index (χ3n) is 5.17. The van der Waals surface area contributed by atoms with Crippen molar-refractivity contribution < 1.29 is 19.1 Å². The van der Waals surface area contributed by atoms with Gasteiger partial charge >= 0.3 is 5.97 Å². The fourth-order valence-electron chi connectivity index (χ4n) is 3.62. The number of benzene rings is 1. The summed E-state index contributed by atoms with van der Waals surface area (Å²) < 4.78 is 5.24. The van der Waals surface area contributed by atoms with Crippen LogP contribution in [0.25, 0.3) is 0 Å². The number of esters is 1. The van der Waals surface area contributed by atoms with Gasteiger partial charge in [-0.1, -0.05) is 18.2 Å². The summed E-state index contributed by atoms with van der Waals surface area (Å²) in [5.41, 5.74) is 1.84. The first-order chi connectivity index (χ1) is 13.6. The van der Waals surface area contributed by atoms with E-state index in [2.05, 4.69) is 11.4 Å². The van der Waals surface area contributed by atoms with Gasteiger partial charge in [0.2, 0.25) is 5.91 Å². The fraction of sp³-hybridized carbons (Fsp3) is 0.476. The van der Waals surface area contributed by atoms with E-state index in [0.29, 0.717) is 0 Å². The van der Waals surface area contributed by atoms with E-state index in [1.165, 1.54) is 11.8 Å². The highest BCUT2D eigenvalue weighted by molar-refractivity contribution is 8.01. The molecular weight excluding hydrogens is 376 g/mol. The van der Waals surface area contributed by atoms with Crippen LogP contribution in [0.15, 0.2) is 40.9 Å². The number of para-hydroxylation sites is 1. The maximum Gasteiger partial charge on any atom is 0.307 e. The smallest absolute Gasteiger partial charge is 0.307 e. The minimum absolute atomic E-state index is 0.0513. The van der Waals surface area contributed by atoms with Gasteiger partial charge in [0.25, 0.3) is 5.91 Å². The van der Waals surface area contributed by atoms with Crippen LogP contribution < -0.4 is 5.32 Å². The molecule has 0 unspecified atom stereocenters. The zero-order valence-electron chi connectivity index (χ0n) is 15.7. The summed E-state index contributed by atoms with van der Waals surface area (Å²) in [4.78, 5) is 39.9. The van der Waals surface area contributed by atoms with Crippen molar-refractivity contribution in [1.82, 2.24) is 4.90 Å². The molecule has 1 aromatic carbocycles. The number of nitrogens with zero attached hydrogens (tertiary/aromatic N) is 1. The molecule has 2 amide bonds. The molecular formula is C21H24N2O4S. The lowest BCUT2D eigenvalue weighted by atomic mass is 10.0. The number of ether oxygens (including phenoxy) is 1. The standard InChI is InChI=1S/C21H24N2O4S/c24-19(23(15-10-11-15)14-6-2-1-3-7-14)13-27-20(25)12-18-21(26)22-16-8-4-5-9-17(16)28-18/h4-6,8-9,15,18H,1-3,7,10-13H2,(H,22,26)/t18-/m0/s1. The molecule has 148 valence electrons. The lowest BCUT2D eigenvalue weighted by Gasteiger charge is -2.27. The van der Waals surface area contributed by atoms with Crippen LogP contribution in [0.2, 0.25) is 0 Å². The van der Waals surface area contributed by atoms with Crippen LogP contribution in [-0.2, 0) is 19.1 Å². The van der Waals surface area contributed by atoms with Crippen LogP contribution in [0.5, 0.6) is 0 Å². The largest absolute Gasteiger partial charge is 0.456 e. The Labute approximate surface area is 168 Å². The van der Waals surface area contributed by atoms with Crippen LogP contribution in [0.4, 0.5) is 5.69 Å². The highest BCUT2D eigenvalue weighted by atomic mass is 32.2. The van der Waals surface area contributed by atoms with Crippen molar-refractivity contribution in [3.63, 3.8) is 0 Å². The summed E-state index contributed by atoms with van der Waals surface area (Å²) in [6.07, 6.45) is 8.28. The quantitative estimate of drug-likeness (QED) is 0.740. The summed E-state index contributed by atoms with van der Waals surface area (Å²) >= 11 is 1.35. The van der Waals surface area contributed by atoms with Gasteiger partial charge in [-0.2, -0.15) is 0 Å². The second-order valence-electron chi connectivity index (χ2n) is 7.39. The number of carbonyl (C=O) groups excluding carboxylic acids is 3. The molecule has 1 heterocycles. The molecule has 6 nitrogen and oxygen atoms in total. The van der Waals surface area contributed by atoms with Crippen LogP contribution in [0.3, 0.4) is 0 Å². The molecule has 1 fully saturated rings. The minimum atomic E-state index is -0.543. The number of allylic oxidation sites excluding steroid dienone is 2. The van der Waals surface area contributed by atoms with Crippen molar-refractivity contribution >= 4 is 35.2 Å². The summed E-state index contributed by atoms with van der Waals surface area (Å²) in [5.74, 6) is -0.886. The summed E-state index contributed by atoms with van der Waals surface area (Å²) in [6.45, 7) is -0.262. The molecule has 1 atom stereocenters. The first kappa shape index (κ1) is 19.1. The van der Waals surface area contributed by atoms with Crippen LogP contribution in [-0.4, -0.2) is 40.6 Å². The maximum absolute atomic E-state index is 12.7. The Morgan fingerprint density at radius 1 is 1.21 bits per heavy atom. The van der Waals surface area contributed by atoms with Crippen molar-refractivity contribution in [2.45, 2.75) is 61.1 Å². The normalized spacial score (nSPS) is 21.2. The average molecular weight is 401 g/mol. The monoisotopic (exact) mass is 400 g/mol. The summed E-state index contributed by atoms with van der Waals surface area (Å²) in [6, 6.07) is 7.75. The number of rotatable bonds is 6. The van der Waals surface area contributed by atoms with E-state index >= 15 is 0 Å². The molecule has 1 aromatic rings. The van der Waals surface area contributed by atoms with Crippen LogP contribution in [0, 0.1) is 0 Å². The van der Waals surface area contributed by atoms with Gasteiger partial charge in [0, 0.05) is 16.6 Å². The molecule has 4 rings (SSSR count). The zero-order chi connectivity index (χ0) is 19.5. The van der Waals surface area contributed by atoms with Gasteiger partial charge in [-0.15, -0.1) is 11.8 Å². The summed E-state index contributed by atoms with van der Waals surface area (Å²) in [7, 11) is 0. The number of anilines is 1. The van der Waals surface area contributed by atoms with Gasteiger partial charge < -0.3 is 15.0 Å². The Hall–Kier alpha value is -2.28. The van der Waals surface area contributed by atoms with E-state index in [9.17, 15) is 14.4 Å². The molecule has 0 aromatic heterocycles. The highest BCUT2D eigenvalue weighted by Gasteiger charge is 2.36. The van der Waals surface area contributed by atoms with Crippen molar-refractivity contribution in [3.8, 4) is 0 Å². The first-order valence-corrected chi connectivity index (χ1v) is 10.7. The van der Waals surface area contributed by atoms with Gasteiger partial charge in [0.1, 0.15) is 0 Å². The lowest BCUT2D eigenvalue weighted by molar-refractivity contribution is -0.151. The Morgan fingerprint density at radius 2 is 2.04 bits per heavy atom. The second kappa shape index (κ2) is 8.39. The predicted molar refractivity (Wildman–Crippen MR) is 107 cm³/mol. The number of thioether (sulfide) groups is 1. The average Bonchev–Trinajstić information content (AvgIpc) is 3.53. The summed E-state index contributed by atoms with van der Waals surface area (Å²) in [5, 5.41) is 2.27.